The number of carbonyl (C=O) groups excluding carboxylic acids is 1. The fourth-order valence-corrected chi connectivity index (χ4v) is 3.64. The van der Waals surface area contributed by atoms with Crippen LogP contribution in [0.5, 0.6) is 0 Å². The van der Waals surface area contributed by atoms with Gasteiger partial charge in [0.1, 0.15) is 0 Å². The Morgan fingerprint density at radius 3 is 2.52 bits per heavy atom. The Kier molecular flexibility index (Phi) is 8.13. The minimum atomic E-state index is 0.0398. The van der Waals surface area contributed by atoms with E-state index in [1.165, 1.54) is 30.5 Å². The third-order valence-electron chi connectivity index (χ3n) is 5.27. The summed E-state index contributed by atoms with van der Waals surface area (Å²) in [5.41, 5.74) is 3.56. The van der Waals surface area contributed by atoms with Crippen LogP contribution in [-0.2, 0) is 31.2 Å². The van der Waals surface area contributed by atoms with Crippen molar-refractivity contribution in [2.24, 2.45) is 12.0 Å². The molecular formula is C20H36N6O. The molecule has 2 rings (SSSR count). The molecule has 1 aromatic heterocycles. The van der Waals surface area contributed by atoms with E-state index in [0.29, 0.717) is 12.6 Å². The number of hydrogen-bond donors (Lipinski definition) is 2. The van der Waals surface area contributed by atoms with Gasteiger partial charge in [0.15, 0.2) is 5.96 Å². The topological polar surface area (TPSA) is 74.5 Å². The number of nitrogens with one attached hydrogen (secondary N) is 2. The zero-order valence-electron chi connectivity index (χ0n) is 17.6. The largest absolute Gasteiger partial charge is 0.354 e. The molecule has 1 aromatic rings. The van der Waals surface area contributed by atoms with E-state index in [1.807, 2.05) is 11.7 Å². The Balaban J connectivity index is 2.14. The molecule has 1 saturated carbocycles. The molecule has 152 valence electrons. The fourth-order valence-electron chi connectivity index (χ4n) is 3.64. The third-order valence-corrected chi connectivity index (χ3v) is 5.27. The highest BCUT2D eigenvalue weighted by Crippen LogP contribution is 2.18. The molecule has 7 nitrogen and oxygen atoms in total. The zero-order valence-corrected chi connectivity index (χ0v) is 17.6. The Labute approximate surface area is 163 Å². The number of aryl methyl sites for hydroxylation is 2. The van der Waals surface area contributed by atoms with Crippen LogP contribution >= 0.6 is 0 Å². The van der Waals surface area contributed by atoms with Gasteiger partial charge in [-0.15, -0.1) is 0 Å². The lowest BCUT2D eigenvalue weighted by molar-refractivity contribution is -0.127. The van der Waals surface area contributed by atoms with Crippen LogP contribution in [0.1, 0.15) is 62.9 Å². The van der Waals surface area contributed by atoms with Crippen LogP contribution in [0.15, 0.2) is 4.99 Å². The average molecular weight is 377 g/mol. The van der Waals surface area contributed by atoms with E-state index >= 15 is 0 Å². The SMILES string of the molecule is CCc1nn(C)c(CC)c1CN=C(NCC(=O)N(C)C)NC1CCCCC1. The summed E-state index contributed by atoms with van der Waals surface area (Å²) in [6, 6.07) is 0.435. The third kappa shape index (κ3) is 5.97. The van der Waals surface area contributed by atoms with Gasteiger partial charge in [0.25, 0.3) is 0 Å². The first-order valence-corrected chi connectivity index (χ1v) is 10.2. The second kappa shape index (κ2) is 10.3. The van der Waals surface area contributed by atoms with E-state index in [-0.39, 0.29) is 12.5 Å². The van der Waals surface area contributed by atoms with Crippen molar-refractivity contribution < 1.29 is 4.79 Å². The van der Waals surface area contributed by atoms with Gasteiger partial charge in [-0.05, 0) is 25.7 Å². The van der Waals surface area contributed by atoms with Crippen LogP contribution in [0.4, 0.5) is 0 Å². The van der Waals surface area contributed by atoms with Gasteiger partial charge in [-0.2, -0.15) is 5.10 Å². The van der Waals surface area contributed by atoms with Gasteiger partial charge in [-0.3, -0.25) is 9.48 Å². The van der Waals surface area contributed by atoms with E-state index in [2.05, 4.69) is 29.6 Å². The summed E-state index contributed by atoms with van der Waals surface area (Å²) in [4.78, 5) is 18.4. The lowest BCUT2D eigenvalue weighted by atomic mass is 9.96. The number of rotatable bonds is 7. The van der Waals surface area contributed by atoms with E-state index < -0.39 is 0 Å². The van der Waals surface area contributed by atoms with Gasteiger partial charge in [-0.25, -0.2) is 4.99 Å². The van der Waals surface area contributed by atoms with Crippen molar-refractivity contribution in [3.8, 4) is 0 Å². The van der Waals surface area contributed by atoms with Crippen LogP contribution in [0.25, 0.3) is 0 Å². The van der Waals surface area contributed by atoms with Crippen molar-refractivity contribution in [3.05, 3.63) is 17.0 Å². The molecule has 2 N–H and O–H groups in total. The minimum absolute atomic E-state index is 0.0398. The number of carbonyl (C=O) groups is 1. The predicted molar refractivity (Wildman–Crippen MR) is 110 cm³/mol. The van der Waals surface area contributed by atoms with E-state index in [0.717, 1.165) is 37.3 Å². The van der Waals surface area contributed by atoms with Gasteiger partial charge >= 0.3 is 0 Å². The highest BCUT2D eigenvalue weighted by atomic mass is 16.2. The van der Waals surface area contributed by atoms with Gasteiger partial charge in [0.2, 0.25) is 5.91 Å². The predicted octanol–water partition coefficient (Wildman–Crippen LogP) is 2.00. The number of hydrogen-bond acceptors (Lipinski definition) is 3. The number of aliphatic imine (C=N–C) groups is 1. The van der Waals surface area contributed by atoms with Crippen molar-refractivity contribution in [1.29, 1.82) is 0 Å². The highest BCUT2D eigenvalue weighted by molar-refractivity contribution is 5.86. The molecule has 7 heteroatoms. The normalized spacial score (nSPS) is 15.7. The molecule has 1 fully saturated rings. The first-order valence-electron chi connectivity index (χ1n) is 10.2. The van der Waals surface area contributed by atoms with Gasteiger partial charge < -0.3 is 15.5 Å². The van der Waals surface area contributed by atoms with Crippen LogP contribution in [0.3, 0.4) is 0 Å². The van der Waals surface area contributed by atoms with E-state index in [1.54, 1.807) is 19.0 Å². The Bertz CT molecular complexity index is 643. The van der Waals surface area contributed by atoms with Gasteiger partial charge in [0.05, 0.1) is 18.8 Å². The molecule has 0 saturated heterocycles. The molecule has 0 bridgehead atoms. The molecule has 0 unspecified atom stereocenters. The summed E-state index contributed by atoms with van der Waals surface area (Å²) < 4.78 is 1.97. The molecule has 27 heavy (non-hydrogen) atoms. The second-order valence-electron chi connectivity index (χ2n) is 7.49. The molecule has 0 atom stereocenters. The summed E-state index contributed by atoms with van der Waals surface area (Å²) in [5.74, 6) is 0.767. The molecule has 0 aliphatic heterocycles. The summed E-state index contributed by atoms with van der Waals surface area (Å²) >= 11 is 0. The van der Waals surface area contributed by atoms with Gasteiger partial charge in [-0.1, -0.05) is 33.1 Å². The Morgan fingerprint density at radius 1 is 1.22 bits per heavy atom. The Hall–Kier alpha value is -2.05. The zero-order chi connectivity index (χ0) is 19.8. The molecule has 1 heterocycles. The maximum Gasteiger partial charge on any atom is 0.241 e. The fraction of sp³-hybridized carbons (Fsp3) is 0.750. The number of aromatic nitrogens is 2. The number of guanidine groups is 1. The molecule has 1 aliphatic carbocycles. The molecule has 0 aromatic carbocycles. The quantitative estimate of drug-likeness (QED) is 0.564. The summed E-state index contributed by atoms with van der Waals surface area (Å²) in [7, 11) is 5.54. The lowest BCUT2D eigenvalue weighted by Gasteiger charge is -2.25. The molecule has 1 amide bonds. The minimum Gasteiger partial charge on any atom is -0.354 e. The maximum absolute atomic E-state index is 12.0. The van der Waals surface area contributed by atoms with Crippen LogP contribution in [-0.4, -0.2) is 53.2 Å². The average Bonchev–Trinajstić information content (AvgIpc) is 2.98. The van der Waals surface area contributed by atoms with E-state index in [9.17, 15) is 4.79 Å². The summed E-state index contributed by atoms with van der Waals surface area (Å²) in [6.07, 6.45) is 7.98. The van der Waals surface area contributed by atoms with Crippen molar-refractivity contribution >= 4 is 11.9 Å². The monoisotopic (exact) mass is 376 g/mol. The molecule has 0 spiro atoms. The summed E-state index contributed by atoms with van der Waals surface area (Å²) in [5, 5.41) is 11.4. The van der Waals surface area contributed by atoms with Crippen molar-refractivity contribution in [1.82, 2.24) is 25.3 Å². The highest BCUT2D eigenvalue weighted by Gasteiger charge is 2.17. The standard InChI is InChI=1S/C20H36N6O/c1-6-17-16(18(7-2)26(5)24-17)13-21-20(22-14-19(27)25(3)4)23-15-11-9-8-10-12-15/h15H,6-14H2,1-5H3,(H2,21,22,23). The van der Waals surface area contributed by atoms with Gasteiger partial charge in [0, 0.05) is 38.4 Å². The van der Waals surface area contributed by atoms with Crippen molar-refractivity contribution in [2.45, 2.75) is 71.4 Å². The van der Waals surface area contributed by atoms with Crippen molar-refractivity contribution in [2.75, 3.05) is 20.6 Å². The number of likely N-dealkylation sites (N-methyl/N-ethyl adjacent to an activating group) is 1. The first kappa shape index (κ1) is 21.3. The van der Waals surface area contributed by atoms with Crippen molar-refractivity contribution in [3.63, 3.8) is 0 Å². The van der Waals surface area contributed by atoms with Crippen LogP contribution in [0.2, 0.25) is 0 Å². The number of amides is 1. The molecule has 1 aliphatic rings. The maximum atomic E-state index is 12.0. The lowest BCUT2D eigenvalue weighted by Crippen LogP contribution is -2.47. The Morgan fingerprint density at radius 2 is 1.93 bits per heavy atom. The van der Waals surface area contributed by atoms with E-state index in [4.69, 9.17) is 4.99 Å². The molecular weight excluding hydrogens is 340 g/mol. The summed E-state index contributed by atoms with van der Waals surface area (Å²) in [6.45, 7) is 5.11. The first-order chi connectivity index (χ1) is 13.0. The number of nitrogens with zero attached hydrogens (tertiary/aromatic N) is 4. The van der Waals surface area contributed by atoms with Crippen LogP contribution in [0, 0.1) is 0 Å². The second-order valence-corrected chi connectivity index (χ2v) is 7.49. The van der Waals surface area contributed by atoms with Crippen LogP contribution < -0.4 is 10.6 Å². The molecule has 0 radical (unpaired) electrons. The smallest absolute Gasteiger partial charge is 0.241 e.